The van der Waals surface area contributed by atoms with Crippen LogP contribution in [0.25, 0.3) is 16.7 Å². The number of hydrogen-bond donors (Lipinski definition) is 2. The van der Waals surface area contributed by atoms with Crippen molar-refractivity contribution in [1.82, 2.24) is 24.1 Å². The fourth-order valence-electron chi connectivity index (χ4n) is 4.21. The van der Waals surface area contributed by atoms with Crippen molar-refractivity contribution in [3.05, 3.63) is 74.4 Å². The van der Waals surface area contributed by atoms with Gasteiger partial charge in [0.15, 0.2) is 0 Å². The average Bonchev–Trinajstić information content (AvgIpc) is 3.16. The van der Waals surface area contributed by atoms with Gasteiger partial charge in [0.1, 0.15) is 6.54 Å². The van der Waals surface area contributed by atoms with Crippen molar-refractivity contribution in [1.29, 1.82) is 0 Å². The van der Waals surface area contributed by atoms with Gasteiger partial charge < -0.3 is 10.6 Å². The summed E-state index contributed by atoms with van der Waals surface area (Å²) < 4.78 is 3.77. The highest BCUT2D eigenvalue weighted by atomic mass is 16.2. The molecule has 4 aromatic rings. The Labute approximate surface area is 207 Å². The van der Waals surface area contributed by atoms with Gasteiger partial charge in [-0.2, -0.15) is 0 Å². The zero-order valence-corrected chi connectivity index (χ0v) is 20.9. The van der Waals surface area contributed by atoms with E-state index in [1.807, 2.05) is 45.9 Å². The number of hydrogen-bond acceptors (Lipinski definition) is 5. The summed E-state index contributed by atoms with van der Waals surface area (Å²) in [6, 6.07) is 12.0. The lowest BCUT2D eigenvalue weighted by atomic mass is 10.1. The van der Waals surface area contributed by atoms with Crippen LogP contribution in [-0.4, -0.2) is 36.6 Å². The van der Waals surface area contributed by atoms with E-state index < -0.39 is 11.6 Å². The van der Waals surface area contributed by atoms with Crippen molar-refractivity contribution in [2.24, 2.45) is 0 Å². The van der Waals surface area contributed by atoms with Crippen LogP contribution in [0.1, 0.15) is 50.0 Å². The lowest BCUT2D eigenvalue weighted by Crippen LogP contribution is -2.31. The number of aryl methyl sites for hydroxylation is 2. The minimum absolute atomic E-state index is 0.0763. The smallest absolute Gasteiger partial charge is 0.350 e. The summed E-state index contributed by atoms with van der Waals surface area (Å²) in [5, 5.41) is 10.3. The highest BCUT2D eigenvalue weighted by molar-refractivity contribution is 5.98. The Hall–Kier alpha value is -4.21. The first-order valence-electron chi connectivity index (χ1n) is 12.1. The maximum Gasteiger partial charge on any atom is 0.352 e. The first-order valence-corrected chi connectivity index (χ1v) is 12.1. The van der Waals surface area contributed by atoms with Gasteiger partial charge in [0.25, 0.3) is 11.5 Å². The number of rotatable bonds is 8. The maximum absolute atomic E-state index is 13.4. The van der Waals surface area contributed by atoms with Gasteiger partial charge in [0.05, 0.1) is 10.9 Å². The molecular weight excluding hydrogens is 460 g/mol. The molecule has 10 nitrogen and oxygen atoms in total. The minimum Gasteiger partial charge on any atom is -0.350 e. The third-order valence-corrected chi connectivity index (χ3v) is 5.87. The first kappa shape index (κ1) is 24.9. The van der Waals surface area contributed by atoms with Gasteiger partial charge in [-0.1, -0.05) is 32.0 Å². The number of nitrogens with zero attached hydrogens (tertiary/aromatic N) is 4. The quantitative estimate of drug-likeness (QED) is 0.393. The molecule has 0 fully saturated rings. The van der Waals surface area contributed by atoms with Crippen molar-refractivity contribution in [2.45, 2.75) is 59.7 Å². The molecule has 0 aliphatic carbocycles. The molecule has 0 spiro atoms. The molecule has 2 aromatic heterocycles. The second-order valence-corrected chi connectivity index (χ2v) is 8.95. The highest BCUT2D eigenvalue weighted by Crippen LogP contribution is 2.16. The van der Waals surface area contributed by atoms with Crippen molar-refractivity contribution < 1.29 is 9.59 Å². The van der Waals surface area contributed by atoms with Crippen molar-refractivity contribution in [3.63, 3.8) is 0 Å². The first-order chi connectivity index (χ1) is 17.2. The molecule has 0 aliphatic heterocycles. The van der Waals surface area contributed by atoms with Crippen LogP contribution >= 0.6 is 0 Å². The Morgan fingerprint density at radius 2 is 1.81 bits per heavy atom. The molecule has 2 N–H and O–H groups in total. The summed E-state index contributed by atoms with van der Waals surface area (Å²) in [7, 11) is 0. The van der Waals surface area contributed by atoms with E-state index >= 15 is 0 Å². The summed E-state index contributed by atoms with van der Waals surface area (Å²) in [5.41, 5.74) is 1.36. The van der Waals surface area contributed by atoms with Crippen molar-refractivity contribution in [2.75, 3.05) is 5.32 Å². The van der Waals surface area contributed by atoms with Gasteiger partial charge in [-0.05, 0) is 56.5 Å². The Bertz CT molecular complexity index is 1580. The molecular formula is C26H30N6O4. The van der Waals surface area contributed by atoms with E-state index in [9.17, 15) is 19.2 Å². The van der Waals surface area contributed by atoms with Crippen molar-refractivity contribution in [3.8, 4) is 0 Å². The summed E-state index contributed by atoms with van der Waals surface area (Å²) in [6.45, 7) is 7.62. The molecule has 0 atom stereocenters. The van der Waals surface area contributed by atoms with Gasteiger partial charge in [-0.3, -0.25) is 19.0 Å². The zero-order valence-electron chi connectivity index (χ0n) is 20.9. The van der Waals surface area contributed by atoms with E-state index in [1.165, 1.54) is 15.0 Å². The number of nitrogens with one attached hydrogen (secondary N) is 2. The maximum atomic E-state index is 13.4. The average molecular weight is 491 g/mol. The molecule has 0 radical (unpaired) electrons. The number of anilines is 1. The van der Waals surface area contributed by atoms with Crippen LogP contribution in [0.5, 0.6) is 0 Å². The standard InChI is InChI=1S/C26H30N6O4/c1-5-13-30-24(35)19-12-11-18(23(34)27-16(3)4)14-21(19)32-25(30)29-31(26(32)36)15-22(33)28-20-10-8-7-9-17(20)6-2/h7-12,14,16H,5-6,13,15H2,1-4H3,(H,27,34)(H,28,33). The molecule has 0 saturated heterocycles. The molecule has 0 saturated carbocycles. The lowest BCUT2D eigenvalue weighted by Gasteiger charge is -2.11. The molecule has 2 heterocycles. The topological polar surface area (TPSA) is 120 Å². The Morgan fingerprint density at radius 1 is 1.06 bits per heavy atom. The third kappa shape index (κ3) is 4.66. The molecule has 4 rings (SSSR count). The van der Waals surface area contributed by atoms with E-state index in [0.717, 1.165) is 16.7 Å². The van der Waals surface area contributed by atoms with Gasteiger partial charge in [-0.25, -0.2) is 13.9 Å². The largest absolute Gasteiger partial charge is 0.352 e. The Balaban J connectivity index is 1.83. The van der Waals surface area contributed by atoms with Gasteiger partial charge in [-0.15, -0.1) is 5.10 Å². The van der Waals surface area contributed by atoms with Crippen LogP contribution < -0.4 is 21.9 Å². The number of para-hydroxylation sites is 1. The molecule has 0 unspecified atom stereocenters. The minimum atomic E-state index is -0.569. The van der Waals surface area contributed by atoms with E-state index in [0.29, 0.717) is 29.6 Å². The number of aromatic nitrogens is 4. The second kappa shape index (κ2) is 10.2. The number of carbonyl (C=O) groups excluding carboxylic acids is 2. The van der Waals surface area contributed by atoms with E-state index in [1.54, 1.807) is 18.2 Å². The fraction of sp³-hybridized carbons (Fsp3) is 0.346. The van der Waals surface area contributed by atoms with E-state index in [4.69, 9.17) is 0 Å². The van der Waals surface area contributed by atoms with Crippen LogP contribution in [-0.2, 0) is 24.3 Å². The third-order valence-electron chi connectivity index (χ3n) is 5.87. The number of fused-ring (bicyclic) bond motifs is 3. The van der Waals surface area contributed by atoms with Crippen molar-refractivity contribution >= 4 is 34.2 Å². The fourth-order valence-corrected chi connectivity index (χ4v) is 4.21. The number of benzene rings is 2. The van der Waals surface area contributed by atoms with Crippen LogP contribution in [0.2, 0.25) is 0 Å². The van der Waals surface area contributed by atoms with Gasteiger partial charge in [0.2, 0.25) is 11.7 Å². The second-order valence-electron chi connectivity index (χ2n) is 8.95. The zero-order chi connectivity index (χ0) is 26.0. The molecule has 188 valence electrons. The SMILES string of the molecule is CCCn1c(=O)c2ccc(C(=O)NC(C)C)cc2n2c(=O)n(CC(=O)Nc3ccccc3CC)nc12. The van der Waals surface area contributed by atoms with Gasteiger partial charge >= 0.3 is 5.69 Å². The normalized spacial score (nSPS) is 11.4. The molecule has 2 aromatic carbocycles. The van der Waals surface area contributed by atoms with E-state index in [-0.39, 0.29) is 35.3 Å². The summed E-state index contributed by atoms with van der Waals surface area (Å²) >= 11 is 0. The van der Waals surface area contributed by atoms with Gasteiger partial charge in [0, 0.05) is 23.8 Å². The van der Waals surface area contributed by atoms with E-state index in [2.05, 4.69) is 15.7 Å². The van der Waals surface area contributed by atoms with Crippen LogP contribution in [0, 0.1) is 0 Å². The molecule has 2 amide bonds. The predicted molar refractivity (Wildman–Crippen MR) is 139 cm³/mol. The van der Waals surface area contributed by atoms with Crippen LogP contribution in [0.4, 0.5) is 5.69 Å². The Kier molecular flexibility index (Phi) is 7.05. The molecule has 0 bridgehead atoms. The summed E-state index contributed by atoms with van der Waals surface area (Å²) in [5.74, 6) is -0.596. The van der Waals surface area contributed by atoms with Crippen LogP contribution in [0.3, 0.4) is 0 Å². The highest BCUT2D eigenvalue weighted by Gasteiger charge is 2.20. The Morgan fingerprint density at radius 3 is 2.50 bits per heavy atom. The number of amides is 2. The molecule has 0 aliphatic rings. The monoisotopic (exact) mass is 490 g/mol. The summed E-state index contributed by atoms with van der Waals surface area (Å²) in [4.78, 5) is 52.1. The lowest BCUT2D eigenvalue weighted by molar-refractivity contribution is -0.117. The summed E-state index contributed by atoms with van der Waals surface area (Å²) in [6.07, 6.45) is 1.39. The predicted octanol–water partition coefficient (Wildman–Crippen LogP) is 2.56. The molecule has 10 heteroatoms. The number of carbonyl (C=O) groups is 2. The molecule has 36 heavy (non-hydrogen) atoms. The van der Waals surface area contributed by atoms with Crippen LogP contribution in [0.15, 0.2) is 52.1 Å².